The van der Waals surface area contributed by atoms with E-state index >= 15 is 0 Å². The summed E-state index contributed by atoms with van der Waals surface area (Å²) in [5, 5.41) is 2.94. The Balaban J connectivity index is 1.62. The molecule has 0 bridgehead atoms. The van der Waals surface area contributed by atoms with E-state index in [0.717, 1.165) is 22.8 Å². The maximum atomic E-state index is 12.5. The van der Waals surface area contributed by atoms with Crippen molar-refractivity contribution in [1.82, 2.24) is 10.3 Å². The summed E-state index contributed by atoms with van der Waals surface area (Å²) in [6.07, 6.45) is 0.630. The Morgan fingerprint density at radius 1 is 1.44 bits per heavy atom. The van der Waals surface area contributed by atoms with Crippen LogP contribution in [0.5, 0.6) is 11.5 Å². The topological polar surface area (TPSA) is 73.6 Å². The number of carbonyl (C=O) groups excluding carboxylic acids is 1. The van der Waals surface area contributed by atoms with E-state index in [9.17, 15) is 4.79 Å². The van der Waals surface area contributed by atoms with Crippen LogP contribution in [0.3, 0.4) is 0 Å². The standard InChI is InChI=1S/C19H24N2O4/c1-11(2)19-21-12(3)17(25-19)9-20-18(22)14-7-13-8-15(23-4)5-6-16(13)24-10-14/h5-6,8,11,14H,7,9-10H2,1-4H3,(H,20,22). The monoisotopic (exact) mass is 344 g/mol. The molecule has 0 saturated heterocycles. The normalized spacial score (nSPS) is 16.3. The summed E-state index contributed by atoms with van der Waals surface area (Å²) in [6, 6.07) is 5.66. The van der Waals surface area contributed by atoms with Crippen LogP contribution in [0.1, 0.15) is 42.7 Å². The summed E-state index contributed by atoms with van der Waals surface area (Å²) >= 11 is 0. The number of rotatable bonds is 5. The molecule has 1 aromatic heterocycles. The first-order valence-corrected chi connectivity index (χ1v) is 8.51. The van der Waals surface area contributed by atoms with Gasteiger partial charge in [-0.25, -0.2) is 4.98 Å². The molecule has 6 heteroatoms. The first-order valence-electron chi connectivity index (χ1n) is 8.51. The Hall–Kier alpha value is -2.50. The van der Waals surface area contributed by atoms with Crippen molar-refractivity contribution in [2.75, 3.05) is 13.7 Å². The van der Waals surface area contributed by atoms with Gasteiger partial charge in [0.1, 0.15) is 23.9 Å². The van der Waals surface area contributed by atoms with Gasteiger partial charge in [-0.2, -0.15) is 0 Å². The van der Waals surface area contributed by atoms with E-state index < -0.39 is 0 Å². The van der Waals surface area contributed by atoms with E-state index in [1.54, 1.807) is 7.11 Å². The molecule has 0 saturated carbocycles. The minimum Gasteiger partial charge on any atom is -0.497 e. The largest absolute Gasteiger partial charge is 0.497 e. The second kappa shape index (κ2) is 7.17. The predicted molar refractivity (Wildman–Crippen MR) is 92.9 cm³/mol. The number of aryl methyl sites for hydroxylation is 1. The minimum atomic E-state index is -0.229. The molecule has 3 rings (SSSR count). The zero-order valence-corrected chi connectivity index (χ0v) is 15.1. The zero-order chi connectivity index (χ0) is 18.0. The van der Waals surface area contributed by atoms with Gasteiger partial charge < -0.3 is 19.2 Å². The molecule has 0 radical (unpaired) electrons. The molecule has 1 unspecified atom stereocenters. The number of nitrogens with one attached hydrogen (secondary N) is 1. The minimum absolute atomic E-state index is 0.0460. The lowest BCUT2D eigenvalue weighted by molar-refractivity contribution is -0.126. The van der Waals surface area contributed by atoms with E-state index in [0.29, 0.717) is 31.2 Å². The van der Waals surface area contributed by atoms with Crippen molar-refractivity contribution < 1.29 is 18.7 Å². The summed E-state index contributed by atoms with van der Waals surface area (Å²) in [6.45, 7) is 6.66. The summed E-state index contributed by atoms with van der Waals surface area (Å²) in [7, 11) is 1.63. The van der Waals surface area contributed by atoms with Crippen molar-refractivity contribution in [2.24, 2.45) is 5.92 Å². The van der Waals surface area contributed by atoms with Crippen LogP contribution in [0.25, 0.3) is 0 Å². The molecule has 1 aliphatic heterocycles. The second-order valence-electron chi connectivity index (χ2n) is 6.62. The van der Waals surface area contributed by atoms with Gasteiger partial charge in [-0.1, -0.05) is 13.8 Å². The van der Waals surface area contributed by atoms with Gasteiger partial charge in [0.15, 0.2) is 5.89 Å². The summed E-state index contributed by atoms with van der Waals surface area (Å²) in [4.78, 5) is 16.9. The molecule has 25 heavy (non-hydrogen) atoms. The fourth-order valence-electron chi connectivity index (χ4n) is 2.84. The third-order valence-electron chi connectivity index (χ3n) is 4.37. The quantitative estimate of drug-likeness (QED) is 0.903. The van der Waals surface area contributed by atoms with Crippen LogP contribution >= 0.6 is 0 Å². The number of fused-ring (bicyclic) bond motifs is 1. The fraction of sp³-hybridized carbons (Fsp3) is 0.474. The molecule has 1 aromatic carbocycles. The Bertz CT molecular complexity index is 767. The highest BCUT2D eigenvalue weighted by atomic mass is 16.5. The Kier molecular flexibility index (Phi) is 4.97. The molecular formula is C19H24N2O4. The van der Waals surface area contributed by atoms with Crippen molar-refractivity contribution >= 4 is 5.91 Å². The van der Waals surface area contributed by atoms with Crippen molar-refractivity contribution in [3.05, 3.63) is 41.1 Å². The smallest absolute Gasteiger partial charge is 0.227 e. The van der Waals surface area contributed by atoms with Gasteiger partial charge in [0.2, 0.25) is 5.91 Å². The molecule has 1 atom stereocenters. The molecule has 0 aliphatic carbocycles. The third kappa shape index (κ3) is 3.78. The fourth-order valence-corrected chi connectivity index (χ4v) is 2.84. The summed E-state index contributed by atoms with van der Waals surface area (Å²) in [5.74, 6) is 2.93. The summed E-state index contributed by atoms with van der Waals surface area (Å²) in [5.41, 5.74) is 1.81. The number of nitrogens with zero attached hydrogens (tertiary/aromatic N) is 1. The number of benzene rings is 1. The van der Waals surface area contributed by atoms with Crippen molar-refractivity contribution in [1.29, 1.82) is 0 Å². The maximum Gasteiger partial charge on any atom is 0.227 e. The van der Waals surface area contributed by atoms with Gasteiger partial charge in [-0.3, -0.25) is 4.79 Å². The van der Waals surface area contributed by atoms with Crippen LogP contribution in [-0.4, -0.2) is 24.6 Å². The van der Waals surface area contributed by atoms with Crippen molar-refractivity contribution in [2.45, 2.75) is 39.7 Å². The van der Waals surface area contributed by atoms with Gasteiger partial charge in [0.05, 0.1) is 25.3 Å². The van der Waals surface area contributed by atoms with E-state index in [1.165, 1.54) is 0 Å². The second-order valence-corrected chi connectivity index (χ2v) is 6.62. The van der Waals surface area contributed by atoms with Crippen molar-refractivity contribution in [3.8, 4) is 11.5 Å². The van der Waals surface area contributed by atoms with E-state index in [-0.39, 0.29) is 17.7 Å². The maximum absolute atomic E-state index is 12.5. The number of hydrogen-bond donors (Lipinski definition) is 1. The predicted octanol–water partition coefficient (Wildman–Crippen LogP) is 2.98. The summed E-state index contributed by atoms with van der Waals surface area (Å²) < 4.78 is 16.7. The van der Waals surface area contributed by atoms with Crippen molar-refractivity contribution in [3.63, 3.8) is 0 Å². The molecule has 1 amide bonds. The lowest BCUT2D eigenvalue weighted by atomic mass is 9.96. The lowest BCUT2D eigenvalue weighted by Gasteiger charge is -2.24. The van der Waals surface area contributed by atoms with Crippen LogP contribution in [0.15, 0.2) is 22.6 Å². The Morgan fingerprint density at radius 3 is 2.92 bits per heavy atom. The number of aromatic nitrogens is 1. The highest BCUT2D eigenvalue weighted by Gasteiger charge is 2.26. The highest BCUT2D eigenvalue weighted by Crippen LogP contribution is 2.30. The van der Waals surface area contributed by atoms with Gasteiger partial charge in [0, 0.05) is 5.92 Å². The van der Waals surface area contributed by atoms with E-state index in [1.807, 2.05) is 39.0 Å². The molecule has 1 aliphatic rings. The van der Waals surface area contributed by atoms with Crippen LogP contribution in [-0.2, 0) is 17.8 Å². The van der Waals surface area contributed by atoms with Gasteiger partial charge >= 0.3 is 0 Å². The Labute approximate surface area is 147 Å². The van der Waals surface area contributed by atoms with Crippen LogP contribution < -0.4 is 14.8 Å². The number of oxazole rings is 1. The van der Waals surface area contributed by atoms with Crippen LogP contribution in [0.2, 0.25) is 0 Å². The Morgan fingerprint density at radius 2 is 2.24 bits per heavy atom. The molecular weight excluding hydrogens is 320 g/mol. The van der Waals surface area contributed by atoms with Gasteiger partial charge in [-0.15, -0.1) is 0 Å². The molecule has 2 aromatic rings. The van der Waals surface area contributed by atoms with Crippen LogP contribution in [0.4, 0.5) is 0 Å². The zero-order valence-electron chi connectivity index (χ0n) is 15.1. The van der Waals surface area contributed by atoms with Gasteiger partial charge in [0.25, 0.3) is 0 Å². The van der Waals surface area contributed by atoms with Crippen LogP contribution in [0, 0.1) is 12.8 Å². The molecule has 2 heterocycles. The lowest BCUT2D eigenvalue weighted by Crippen LogP contribution is -2.37. The molecule has 0 fully saturated rings. The number of carbonyl (C=O) groups is 1. The molecule has 6 nitrogen and oxygen atoms in total. The SMILES string of the molecule is COc1ccc2c(c1)CC(C(=O)NCc1oc(C(C)C)nc1C)CO2. The molecule has 134 valence electrons. The highest BCUT2D eigenvalue weighted by molar-refractivity contribution is 5.79. The average Bonchev–Trinajstić information content (AvgIpc) is 2.99. The van der Waals surface area contributed by atoms with E-state index in [2.05, 4.69) is 10.3 Å². The first-order chi connectivity index (χ1) is 12.0. The average molecular weight is 344 g/mol. The number of hydrogen-bond acceptors (Lipinski definition) is 5. The third-order valence-corrected chi connectivity index (χ3v) is 4.37. The molecule has 0 spiro atoms. The van der Waals surface area contributed by atoms with E-state index in [4.69, 9.17) is 13.9 Å². The van der Waals surface area contributed by atoms with Gasteiger partial charge in [-0.05, 0) is 37.1 Å². The first kappa shape index (κ1) is 17.3. The number of amides is 1. The number of ether oxygens (including phenoxy) is 2. The number of methoxy groups -OCH3 is 1. The molecule has 1 N–H and O–H groups in total.